The van der Waals surface area contributed by atoms with Crippen molar-refractivity contribution < 1.29 is 29.7 Å². The van der Waals surface area contributed by atoms with Gasteiger partial charge in [-0.25, -0.2) is 9.59 Å². The van der Waals surface area contributed by atoms with Crippen molar-refractivity contribution in [1.82, 2.24) is 0 Å². The summed E-state index contributed by atoms with van der Waals surface area (Å²) < 4.78 is 0. The lowest BCUT2D eigenvalue weighted by atomic mass is 10.0. The molecule has 6 nitrogen and oxygen atoms in total. The fourth-order valence-corrected chi connectivity index (χ4v) is 3.25. The lowest BCUT2D eigenvalue weighted by Crippen LogP contribution is -2.04. The van der Waals surface area contributed by atoms with Crippen LogP contribution in [0.4, 0.5) is 0 Å². The molecule has 32 heavy (non-hydrogen) atoms. The summed E-state index contributed by atoms with van der Waals surface area (Å²) >= 11 is 0. The van der Waals surface area contributed by atoms with Gasteiger partial charge in [0.1, 0.15) is 0 Å². The van der Waals surface area contributed by atoms with Gasteiger partial charge in [-0.1, -0.05) is 116 Å². The van der Waals surface area contributed by atoms with Crippen LogP contribution >= 0.6 is 0 Å². The van der Waals surface area contributed by atoms with Crippen molar-refractivity contribution in [2.75, 3.05) is 0 Å². The second-order valence-corrected chi connectivity index (χ2v) is 8.31. The Hall–Kier alpha value is -2.11. The molecule has 0 spiro atoms. The van der Waals surface area contributed by atoms with Gasteiger partial charge in [0, 0.05) is 11.6 Å². The highest BCUT2D eigenvalue weighted by Crippen LogP contribution is 2.14. The highest BCUT2D eigenvalue weighted by atomic mass is 16.4. The lowest BCUT2D eigenvalue weighted by molar-refractivity contribution is -0.139. The third-order valence-corrected chi connectivity index (χ3v) is 5.15. The minimum atomic E-state index is -1.27. The fraction of sp³-hybridized carbons (Fsp3) is 0.731. The molecule has 0 atom stereocenters. The van der Waals surface area contributed by atoms with Gasteiger partial charge in [0.2, 0.25) is 0 Å². The first-order chi connectivity index (χ1) is 15.3. The molecule has 0 aliphatic rings. The van der Waals surface area contributed by atoms with Crippen LogP contribution in [0.5, 0.6) is 0 Å². The summed E-state index contributed by atoms with van der Waals surface area (Å²) in [5, 5.41) is 24.5. The van der Waals surface area contributed by atoms with Gasteiger partial charge in [-0.05, 0) is 12.8 Å². The third kappa shape index (κ3) is 30.1. The van der Waals surface area contributed by atoms with E-state index in [4.69, 9.17) is 15.3 Å². The van der Waals surface area contributed by atoms with Gasteiger partial charge in [0.05, 0.1) is 6.42 Å². The van der Waals surface area contributed by atoms with Crippen LogP contribution in [0.1, 0.15) is 122 Å². The van der Waals surface area contributed by atoms with Crippen LogP contribution in [-0.2, 0) is 14.4 Å². The number of carbonyl (C=O) groups is 3. The second kappa shape index (κ2) is 25.2. The highest BCUT2D eigenvalue weighted by molar-refractivity contribution is 5.91. The van der Waals surface area contributed by atoms with Crippen molar-refractivity contribution in [1.29, 1.82) is 0 Å². The predicted octanol–water partition coefficient (Wildman–Crippen LogP) is 7.38. The van der Waals surface area contributed by atoms with Gasteiger partial charge in [-0.3, -0.25) is 4.79 Å². The first kappa shape index (κ1) is 32.1. The summed E-state index contributed by atoms with van der Waals surface area (Å²) in [6, 6.07) is 0. The Labute approximate surface area is 194 Å². The van der Waals surface area contributed by atoms with Crippen LogP contribution in [0.25, 0.3) is 0 Å². The average Bonchev–Trinajstić information content (AvgIpc) is 2.72. The number of hydrogen-bond donors (Lipinski definition) is 3. The molecular weight excluding hydrogens is 408 g/mol. The zero-order valence-electron chi connectivity index (χ0n) is 20.2. The molecule has 3 N–H and O–H groups in total. The van der Waals surface area contributed by atoms with E-state index in [9.17, 15) is 14.4 Å². The van der Waals surface area contributed by atoms with Crippen molar-refractivity contribution in [3.8, 4) is 0 Å². The Bertz CT molecular complexity index is 524. The Morgan fingerprint density at radius 1 is 0.656 bits per heavy atom. The minimum Gasteiger partial charge on any atom is -0.481 e. The maximum atomic E-state index is 10.3. The van der Waals surface area contributed by atoms with Gasteiger partial charge in [-0.2, -0.15) is 0 Å². The minimum absolute atomic E-state index is 0.303. The fourth-order valence-electron chi connectivity index (χ4n) is 3.25. The molecule has 0 aliphatic heterocycles. The van der Waals surface area contributed by atoms with Gasteiger partial charge >= 0.3 is 17.9 Å². The van der Waals surface area contributed by atoms with E-state index in [2.05, 4.69) is 13.5 Å². The van der Waals surface area contributed by atoms with Crippen molar-refractivity contribution in [3.05, 3.63) is 24.3 Å². The van der Waals surface area contributed by atoms with E-state index in [1.807, 2.05) is 0 Å². The molecule has 0 amide bonds. The van der Waals surface area contributed by atoms with Gasteiger partial charge in [-0.15, -0.1) is 0 Å². The number of hydrogen-bond acceptors (Lipinski definition) is 3. The standard InChI is InChI=1S/C21H40O2.C5H6O4/c1-2-3-4-5-6-7-8-9-10-11-12-13-14-15-16-17-18-19-20-21(22)23;1-3(5(8)9)2-4(6)7/h19-20H,2-18H2,1H3,(H,22,23);1-2H2,(H,6,7)(H,8,9)/b20-19+;. The molecule has 6 heteroatoms. The number of carboxylic acid groups (broad SMARTS) is 3. The van der Waals surface area contributed by atoms with Crippen molar-refractivity contribution >= 4 is 17.9 Å². The van der Waals surface area contributed by atoms with Gasteiger partial charge in [0.15, 0.2) is 0 Å². The maximum absolute atomic E-state index is 10.3. The van der Waals surface area contributed by atoms with Gasteiger partial charge in [0.25, 0.3) is 0 Å². The summed E-state index contributed by atoms with van der Waals surface area (Å²) in [5.74, 6) is -3.28. The zero-order chi connectivity index (χ0) is 24.5. The molecule has 0 unspecified atom stereocenters. The Morgan fingerprint density at radius 2 is 1.03 bits per heavy atom. The van der Waals surface area contributed by atoms with Crippen molar-refractivity contribution in [2.24, 2.45) is 0 Å². The molecule has 0 radical (unpaired) electrons. The summed E-state index contributed by atoms with van der Waals surface area (Å²) in [6.45, 7) is 5.29. The monoisotopic (exact) mass is 454 g/mol. The summed E-state index contributed by atoms with van der Waals surface area (Å²) in [7, 11) is 0. The van der Waals surface area contributed by atoms with Crippen LogP contribution in [0.15, 0.2) is 24.3 Å². The molecule has 0 aromatic heterocycles. The quantitative estimate of drug-likeness (QED) is 0.123. The zero-order valence-corrected chi connectivity index (χ0v) is 20.2. The first-order valence-corrected chi connectivity index (χ1v) is 12.3. The number of carboxylic acids is 3. The highest BCUT2D eigenvalue weighted by Gasteiger charge is 2.07. The largest absolute Gasteiger partial charge is 0.481 e. The molecule has 0 bridgehead atoms. The summed E-state index contributed by atoms with van der Waals surface area (Å²) in [6.07, 6.45) is 25.5. The molecule has 186 valence electrons. The first-order valence-electron chi connectivity index (χ1n) is 12.3. The van der Waals surface area contributed by atoms with Crippen LogP contribution in [0, 0.1) is 0 Å². The number of allylic oxidation sites excluding steroid dienone is 1. The Kier molecular flexibility index (Phi) is 25.2. The van der Waals surface area contributed by atoms with Crippen LogP contribution in [-0.4, -0.2) is 33.2 Å². The Balaban J connectivity index is 0. The molecule has 0 rings (SSSR count). The lowest BCUT2D eigenvalue weighted by Gasteiger charge is -2.03. The third-order valence-electron chi connectivity index (χ3n) is 5.15. The average molecular weight is 455 g/mol. The molecular formula is C26H46O6. The predicted molar refractivity (Wildman–Crippen MR) is 130 cm³/mol. The van der Waals surface area contributed by atoms with E-state index in [-0.39, 0.29) is 5.57 Å². The van der Waals surface area contributed by atoms with Crippen LogP contribution in [0.2, 0.25) is 0 Å². The second-order valence-electron chi connectivity index (χ2n) is 8.31. The van der Waals surface area contributed by atoms with E-state index in [1.165, 1.54) is 102 Å². The van der Waals surface area contributed by atoms with E-state index >= 15 is 0 Å². The van der Waals surface area contributed by atoms with E-state index in [1.54, 1.807) is 6.08 Å². The number of rotatable bonds is 21. The van der Waals surface area contributed by atoms with Crippen molar-refractivity contribution in [3.63, 3.8) is 0 Å². The smallest absolute Gasteiger partial charge is 0.331 e. The molecule has 0 aromatic carbocycles. The molecule has 0 heterocycles. The summed E-state index contributed by atoms with van der Waals surface area (Å²) in [4.78, 5) is 29.9. The van der Waals surface area contributed by atoms with Crippen LogP contribution in [0.3, 0.4) is 0 Å². The van der Waals surface area contributed by atoms with Crippen molar-refractivity contribution in [2.45, 2.75) is 122 Å². The van der Waals surface area contributed by atoms with E-state index < -0.39 is 24.3 Å². The van der Waals surface area contributed by atoms with E-state index in [0.717, 1.165) is 12.8 Å². The molecule has 0 aromatic rings. The van der Waals surface area contributed by atoms with E-state index in [0.29, 0.717) is 0 Å². The molecule has 0 aliphatic carbocycles. The van der Waals surface area contributed by atoms with Gasteiger partial charge < -0.3 is 15.3 Å². The topological polar surface area (TPSA) is 112 Å². The van der Waals surface area contributed by atoms with Crippen LogP contribution < -0.4 is 0 Å². The maximum Gasteiger partial charge on any atom is 0.331 e. The molecule has 0 saturated heterocycles. The SMILES string of the molecule is C=C(CC(=O)O)C(=O)O.CCCCCCCCCCCCCCCCCC/C=C/C(=O)O. The number of aliphatic carboxylic acids is 3. The Morgan fingerprint density at radius 3 is 1.31 bits per heavy atom. The summed E-state index contributed by atoms with van der Waals surface area (Å²) in [5.41, 5.74) is -0.303. The molecule has 0 saturated carbocycles. The normalized spacial score (nSPS) is 10.5. The number of unbranched alkanes of at least 4 members (excludes halogenated alkanes) is 16. The molecule has 0 fully saturated rings.